The average Bonchev–Trinajstić information content (AvgIpc) is 3.44. The van der Waals surface area contributed by atoms with Crippen molar-refractivity contribution in [1.29, 1.82) is 0 Å². The molecule has 0 bridgehead atoms. The monoisotopic (exact) mass is 427 g/mol. The van der Waals surface area contributed by atoms with Gasteiger partial charge in [0.15, 0.2) is 11.3 Å². The van der Waals surface area contributed by atoms with Gasteiger partial charge >= 0.3 is 0 Å². The van der Waals surface area contributed by atoms with Gasteiger partial charge in [0.25, 0.3) is 5.91 Å². The molecule has 3 aromatic rings. The van der Waals surface area contributed by atoms with Crippen molar-refractivity contribution < 1.29 is 9.53 Å². The zero-order valence-corrected chi connectivity index (χ0v) is 17.0. The summed E-state index contributed by atoms with van der Waals surface area (Å²) in [6, 6.07) is 5.98. The van der Waals surface area contributed by atoms with Gasteiger partial charge in [-0.15, -0.1) is 5.10 Å². The van der Waals surface area contributed by atoms with Crippen LogP contribution in [0.15, 0.2) is 30.6 Å². The summed E-state index contributed by atoms with van der Waals surface area (Å²) < 4.78 is 7.03. The Morgan fingerprint density at radius 3 is 2.67 bits per heavy atom. The van der Waals surface area contributed by atoms with Crippen molar-refractivity contribution in [2.45, 2.75) is 37.8 Å². The van der Waals surface area contributed by atoms with Gasteiger partial charge in [-0.25, -0.2) is 14.5 Å². The van der Waals surface area contributed by atoms with Crippen LogP contribution in [0.4, 0.5) is 17.2 Å². The van der Waals surface area contributed by atoms with Crippen LogP contribution in [0.1, 0.15) is 36.2 Å². The van der Waals surface area contributed by atoms with Gasteiger partial charge in [-0.2, -0.15) is 0 Å². The van der Waals surface area contributed by atoms with Gasteiger partial charge in [0.1, 0.15) is 11.0 Å². The average molecular weight is 428 g/mol. The molecule has 30 heavy (non-hydrogen) atoms. The fraction of sp³-hybridized carbons (Fsp3) is 0.400. The highest BCUT2D eigenvalue weighted by molar-refractivity contribution is 6.29. The molecule has 10 heteroatoms. The van der Waals surface area contributed by atoms with Gasteiger partial charge < -0.3 is 20.7 Å². The molecule has 1 aliphatic carbocycles. The van der Waals surface area contributed by atoms with Crippen molar-refractivity contribution >= 4 is 40.3 Å². The zero-order chi connectivity index (χ0) is 20.5. The van der Waals surface area contributed by atoms with Crippen LogP contribution in [0, 0.1) is 0 Å². The summed E-state index contributed by atoms with van der Waals surface area (Å²) in [5.41, 5.74) is 2.39. The van der Waals surface area contributed by atoms with E-state index in [1.165, 1.54) is 12.4 Å². The van der Waals surface area contributed by atoms with E-state index < -0.39 is 0 Å². The molecule has 1 saturated carbocycles. The fourth-order valence-corrected chi connectivity index (χ4v) is 3.65. The van der Waals surface area contributed by atoms with Crippen LogP contribution in [0.2, 0.25) is 5.15 Å². The van der Waals surface area contributed by atoms with Crippen LogP contribution in [-0.4, -0.2) is 50.8 Å². The third kappa shape index (κ3) is 4.17. The summed E-state index contributed by atoms with van der Waals surface area (Å²) >= 11 is 5.92. The van der Waals surface area contributed by atoms with E-state index in [0.29, 0.717) is 34.0 Å². The van der Waals surface area contributed by atoms with Crippen LogP contribution in [0.25, 0.3) is 5.65 Å². The molecule has 5 rings (SSSR count). The molecule has 0 unspecified atom stereocenters. The highest BCUT2D eigenvalue weighted by Gasteiger charge is 2.25. The Bertz CT molecular complexity index is 1080. The SMILES string of the molecule is O=C(Nc1ccnc(Cl)c1)c1cnc2c(NC3CC3)cc(NC3CCOCC3)nn12. The third-order valence-corrected chi connectivity index (χ3v) is 5.40. The normalized spacial score (nSPS) is 17.1. The number of aromatic nitrogens is 4. The van der Waals surface area contributed by atoms with Crippen LogP contribution in [0.5, 0.6) is 0 Å². The third-order valence-electron chi connectivity index (χ3n) is 5.19. The van der Waals surface area contributed by atoms with E-state index >= 15 is 0 Å². The Balaban J connectivity index is 1.47. The predicted octanol–water partition coefficient (Wildman–Crippen LogP) is 3.20. The van der Waals surface area contributed by atoms with Crippen LogP contribution in [-0.2, 0) is 4.74 Å². The predicted molar refractivity (Wildman–Crippen MR) is 114 cm³/mol. The van der Waals surface area contributed by atoms with Gasteiger partial charge in [-0.1, -0.05) is 11.6 Å². The molecule has 4 heterocycles. The van der Waals surface area contributed by atoms with Gasteiger partial charge in [-0.05, 0) is 37.8 Å². The number of amides is 1. The highest BCUT2D eigenvalue weighted by atomic mass is 35.5. The minimum Gasteiger partial charge on any atom is -0.381 e. The molecule has 1 saturated heterocycles. The van der Waals surface area contributed by atoms with E-state index in [1.54, 1.807) is 16.6 Å². The van der Waals surface area contributed by atoms with Crippen molar-refractivity contribution in [3.8, 4) is 0 Å². The summed E-state index contributed by atoms with van der Waals surface area (Å²) in [4.78, 5) is 21.3. The first-order chi connectivity index (χ1) is 14.7. The second-order valence-corrected chi connectivity index (χ2v) is 7.98. The summed E-state index contributed by atoms with van der Waals surface area (Å²) in [5.74, 6) is 0.384. The number of imidazole rings is 1. The van der Waals surface area contributed by atoms with Crippen LogP contribution < -0.4 is 16.0 Å². The number of carbonyl (C=O) groups excluding carboxylic acids is 1. The molecule has 1 amide bonds. The van der Waals surface area contributed by atoms with Crippen molar-refractivity contribution in [3.63, 3.8) is 0 Å². The number of rotatable bonds is 6. The number of hydrogen-bond acceptors (Lipinski definition) is 7. The Morgan fingerprint density at radius 1 is 1.10 bits per heavy atom. The number of fused-ring (bicyclic) bond motifs is 1. The number of hydrogen-bond donors (Lipinski definition) is 3. The minimum absolute atomic E-state index is 0.289. The number of anilines is 3. The molecule has 2 aliphatic rings. The first-order valence-corrected chi connectivity index (χ1v) is 10.5. The lowest BCUT2D eigenvalue weighted by molar-refractivity contribution is 0.0903. The summed E-state index contributed by atoms with van der Waals surface area (Å²) in [5, 5.41) is 14.8. The Hall–Kier alpha value is -2.91. The molecule has 0 atom stereocenters. The van der Waals surface area contributed by atoms with Crippen molar-refractivity contribution in [2.75, 3.05) is 29.2 Å². The quantitative estimate of drug-likeness (QED) is 0.519. The number of ether oxygens (including phenoxy) is 1. The molecule has 1 aliphatic heterocycles. The van der Waals surface area contributed by atoms with Crippen molar-refractivity contribution in [2.24, 2.45) is 0 Å². The Kier molecular flexibility index (Phi) is 5.14. The highest BCUT2D eigenvalue weighted by Crippen LogP contribution is 2.29. The van der Waals surface area contributed by atoms with Crippen LogP contribution >= 0.6 is 11.6 Å². The smallest absolute Gasteiger partial charge is 0.276 e. The number of nitrogens with one attached hydrogen (secondary N) is 3. The van der Waals surface area contributed by atoms with Crippen LogP contribution in [0.3, 0.4) is 0 Å². The number of carbonyl (C=O) groups is 1. The molecule has 0 aromatic carbocycles. The maximum atomic E-state index is 12.9. The van der Waals surface area contributed by atoms with E-state index in [0.717, 1.165) is 44.6 Å². The topological polar surface area (TPSA) is 105 Å². The molecule has 0 radical (unpaired) electrons. The van der Waals surface area contributed by atoms with E-state index in [9.17, 15) is 4.79 Å². The molecule has 2 fully saturated rings. The second kappa shape index (κ2) is 8.08. The Labute approximate surface area is 178 Å². The standard InChI is InChI=1S/C20H22ClN7O2/c21-17-9-14(3-6-22-17)26-20(29)16-11-23-19-15(24-12-1-2-12)10-18(27-28(16)19)25-13-4-7-30-8-5-13/h3,6,9-13,24H,1-2,4-5,7-8H2,(H,25,27)(H,22,26,29). The zero-order valence-electron chi connectivity index (χ0n) is 16.3. The summed E-state index contributed by atoms with van der Waals surface area (Å²) in [6.07, 6.45) is 7.19. The number of halogens is 1. The number of nitrogens with zero attached hydrogens (tertiary/aromatic N) is 4. The molecule has 3 N–H and O–H groups in total. The van der Waals surface area contributed by atoms with E-state index in [1.807, 2.05) is 6.07 Å². The van der Waals surface area contributed by atoms with E-state index in [4.69, 9.17) is 16.3 Å². The van der Waals surface area contributed by atoms with Crippen molar-refractivity contribution in [1.82, 2.24) is 19.6 Å². The minimum atomic E-state index is -0.321. The molecule has 0 spiro atoms. The summed E-state index contributed by atoms with van der Waals surface area (Å²) in [6.45, 7) is 1.47. The second-order valence-electron chi connectivity index (χ2n) is 7.59. The molecule has 156 valence electrons. The van der Waals surface area contributed by atoms with E-state index in [2.05, 4.69) is 31.0 Å². The maximum absolute atomic E-state index is 12.9. The fourth-order valence-electron chi connectivity index (χ4n) is 3.47. The maximum Gasteiger partial charge on any atom is 0.276 e. The largest absolute Gasteiger partial charge is 0.381 e. The molecular weight excluding hydrogens is 406 g/mol. The lowest BCUT2D eigenvalue weighted by Crippen LogP contribution is -2.28. The molecule has 3 aromatic heterocycles. The summed E-state index contributed by atoms with van der Waals surface area (Å²) in [7, 11) is 0. The first-order valence-electron chi connectivity index (χ1n) is 10.1. The van der Waals surface area contributed by atoms with Crippen molar-refractivity contribution in [3.05, 3.63) is 41.4 Å². The molecule has 9 nitrogen and oxygen atoms in total. The lowest BCUT2D eigenvalue weighted by atomic mass is 10.1. The van der Waals surface area contributed by atoms with Gasteiger partial charge in [0.05, 0.1) is 11.9 Å². The van der Waals surface area contributed by atoms with Gasteiger partial charge in [-0.3, -0.25) is 4.79 Å². The number of pyridine rings is 1. The first kappa shape index (κ1) is 19.1. The molecular formula is C20H22ClN7O2. The lowest BCUT2D eigenvalue weighted by Gasteiger charge is -2.24. The van der Waals surface area contributed by atoms with Gasteiger partial charge in [0, 0.05) is 43.2 Å². The Morgan fingerprint density at radius 2 is 1.90 bits per heavy atom. The van der Waals surface area contributed by atoms with E-state index in [-0.39, 0.29) is 11.9 Å². The van der Waals surface area contributed by atoms with Gasteiger partial charge in [0.2, 0.25) is 0 Å².